The van der Waals surface area contributed by atoms with Crippen LogP contribution in [0.2, 0.25) is 0 Å². The Morgan fingerprint density at radius 2 is 1.91 bits per heavy atom. The number of nitrogens with one attached hydrogen (secondary N) is 1. The molecule has 3 heterocycles. The van der Waals surface area contributed by atoms with Gasteiger partial charge in [-0.1, -0.05) is 18.2 Å². The van der Waals surface area contributed by atoms with Crippen molar-refractivity contribution in [3.05, 3.63) is 53.3 Å². The molecule has 1 aromatic carbocycles. The number of anilines is 1. The highest BCUT2D eigenvalue weighted by Gasteiger charge is 2.30. The first-order valence-electron chi connectivity index (χ1n) is 8.47. The number of rotatable bonds is 1. The number of amides is 1. The van der Waals surface area contributed by atoms with Crippen molar-refractivity contribution >= 4 is 11.6 Å². The number of piperidine rings is 1. The summed E-state index contributed by atoms with van der Waals surface area (Å²) < 4.78 is 2.19. The lowest BCUT2D eigenvalue weighted by molar-refractivity contribution is -0.123. The molecule has 120 valence electrons. The maximum Gasteiger partial charge on any atom is 0.230 e. The van der Waals surface area contributed by atoms with Gasteiger partial charge in [0, 0.05) is 37.0 Å². The standard InChI is InChI=1S/C19H23N3O/c1-21-11-8-16-13-22(19(23)14-6-9-20-10-7-14)17-5-3-2-4-15(17)12-18(16)21/h2-5,8,11,14,20H,6-7,9-10,12-13H2,1H3. The van der Waals surface area contributed by atoms with Crippen molar-refractivity contribution in [2.45, 2.75) is 25.8 Å². The van der Waals surface area contributed by atoms with Crippen molar-refractivity contribution in [3.8, 4) is 0 Å². The van der Waals surface area contributed by atoms with Crippen LogP contribution in [0.5, 0.6) is 0 Å². The van der Waals surface area contributed by atoms with Gasteiger partial charge in [-0.05, 0) is 49.2 Å². The van der Waals surface area contributed by atoms with E-state index in [1.54, 1.807) is 0 Å². The van der Waals surface area contributed by atoms with E-state index in [0.29, 0.717) is 6.54 Å². The summed E-state index contributed by atoms with van der Waals surface area (Å²) in [5, 5.41) is 3.35. The second-order valence-corrected chi connectivity index (χ2v) is 6.65. The van der Waals surface area contributed by atoms with Crippen molar-refractivity contribution in [1.82, 2.24) is 9.88 Å². The van der Waals surface area contributed by atoms with Crippen molar-refractivity contribution in [2.75, 3.05) is 18.0 Å². The number of hydrogen-bond donors (Lipinski definition) is 1. The maximum atomic E-state index is 13.2. The molecule has 23 heavy (non-hydrogen) atoms. The Balaban J connectivity index is 1.74. The lowest BCUT2D eigenvalue weighted by Crippen LogP contribution is -2.41. The van der Waals surface area contributed by atoms with E-state index in [-0.39, 0.29) is 11.8 Å². The molecule has 2 aliphatic rings. The van der Waals surface area contributed by atoms with Gasteiger partial charge in [0.15, 0.2) is 0 Å². The van der Waals surface area contributed by atoms with Gasteiger partial charge in [0.1, 0.15) is 0 Å². The Labute approximate surface area is 137 Å². The van der Waals surface area contributed by atoms with Crippen molar-refractivity contribution in [2.24, 2.45) is 13.0 Å². The molecule has 2 aliphatic heterocycles. The maximum absolute atomic E-state index is 13.2. The van der Waals surface area contributed by atoms with E-state index in [0.717, 1.165) is 38.0 Å². The summed E-state index contributed by atoms with van der Waals surface area (Å²) in [7, 11) is 2.09. The highest BCUT2D eigenvalue weighted by Crippen LogP contribution is 2.32. The average Bonchev–Trinajstić information content (AvgIpc) is 2.84. The zero-order valence-corrected chi connectivity index (χ0v) is 13.6. The van der Waals surface area contributed by atoms with E-state index in [1.807, 2.05) is 11.0 Å². The molecule has 0 bridgehead atoms. The number of fused-ring (bicyclic) bond motifs is 2. The molecule has 1 fully saturated rings. The number of hydrogen-bond acceptors (Lipinski definition) is 2. The zero-order chi connectivity index (χ0) is 15.8. The third-order valence-electron chi connectivity index (χ3n) is 5.22. The summed E-state index contributed by atoms with van der Waals surface area (Å²) in [6.07, 6.45) is 4.88. The molecule has 4 heteroatoms. The van der Waals surface area contributed by atoms with Crippen molar-refractivity contribution in [1.29, 1.82) is 0 Å². The molecule has 0 radical (unpaired) electrons. The number of aromatic nitrogens is 1. The van der Waals surface area contributed by atoms with Crippen LogP contribution in [0.25, 0.3) is 0 Å². The first-order chi connectivity index (χ1) is 11.2. The Morgan fingerprint density at radius 3 is 2.74 bits per heavy atom. The summed E-state index contributed by atoms with van der Waals surface area (Å²) in [5.41, 5.74) is 4.92. The fourth-order valence-corrected chi connectivity index (χ4v) is 3.84. The van der Waals surface area contributed by atoms with E-state index >= 15 is 0 Å². The third kappa shape index (κ3) is 2.57. The lowest BCUT2D eigenvalue weighted by atomic mass is 9.96. The normalized spacial score (nSPS) is 18.2. The van der Waals surface area contributed by atoms with Gasteiger partial charge in [0.2, 0.25) is 5.91 Å². The molecule has 1 amide bonds. The molecular weight excluding hydrogens is 286 g/mol. The Bertz CT molecular complexity index is 728. The number of benzene rings is 1. The summed E-state index contributed by atoms with van der Waals surface area (Å²) in [5.74, 6) is 0.435. The van der Waals surface area contributed by atoms with Gasteiger partial charge in [-0.2, -0.15) is 0 Å². The predicted molar refractivity (Wildman–Crippen MR) is 91.4 cm³/mol. The van der Waals surface area contributed by atoms with E-state index < -0.39 is 0 Å². The monoisotopic (exact) mass is 309 g/mol. The molecular formula is C19H23N3O. The number of carbonyl (C=O) groups is 1. The summed E-state index contributed by atoms with van der Waals surface area (Å²) >= 11 is 0. The summed E-state index contributed by atoms with van der Waals surface area (Å²) in [6, 6.07) is 10.5. The van der Waals surface area contributed by atoms with Gasteiger partial charge in [0.05, 0.1) is 6.54 Å². The van der Waals surface area contributed by atoms with Gasteiger partial charge >= 0.3 is 0 Å². The number of nitrogens with zero attached hydrogens (tertiary/aromatic N) is 2. The van der Waals surface area contributed by atoms with Gasteiger partial charge in [-0.25, -0.2) is 0 Å². The molecule has 4 rings (SSSR count). The van der Waals surface area contributed by atoms with Gasteiger partial charge in [-0.15, -0.1) is 0 Å². The molecule has 1 aromatic heterocycles. The molecule has 0 unspecified atom stereocenters. The largest absolute Gasteiger partial charge is 0.354 e. The van der Waals surface area contributed by atoms with E-state index in [2.05, 4.69) is 47.4 Å². The molecule has 1 saturated heterocycles. The first kappa shape index (κ1) is 14.5. The van der Waals surface area contributed by atoms with Crippen LogP contribution in [0.3, 0.4) is 0 Å². The predicted octanol–water partition coefficient (Wildman–Crippen LogP) is 2.46. The van der Waals surface area contributed by atoms with E-state index in [9.17, 15) is 4.79 Å². The summed E-state index contributed by atoms with van der Waals surface area (Å²) in [4.78, 5) is 15.2. The van der Waals surface area contributed by atoms with Crippen LogP contribution in [0, 0.1) is 5.92 Å². The quantitative estimate of drug-likeness (QED) is 0.878. The number of carbonyl (C=O) groups excluding carboxylic acids is 1. The Kier molecular flexibility index (Phi) is 3.69. The average molecular weight is 309 g/mol. The first-order valence-corrected chi connectivity index (χ1v) is 8.47. The summed E-state index contributed by atoms with van der Waals surface area (Å²) in [6.45, 7) is 2.58. The second-order valence-electron chi connectivity index (χ2n) is 6.65. The Hall–Kier alpha value is -2.07. The topological polar surface area (TPSA) is 37.3 Å². The highest BCUT2D eigenvalue weighted by atomic mass is 16.2. The molecule has 4 nitrogen and oxygen atoms in total. The Morgan fingerprint density at radius 1 is 1.13 bits per heavy atom. The molecule has 0 spiro atoms. The molecule has 0 saturated carbocycles. The lowest BCUT2D eigenvalue weighted by Gasteiger charge is -2.30. The van der Waals surface area contributed by atoms with Crippen LogP contribution in [0.15, 0.2) is 36.5 Å². The van der Waals surface area contributed by atoms with Crippen LogP contribution in [0.4, 0.5) is 5.69 Å². The van der Waals surface area contributed by atoms with Crippen LogP contribution < -0.4 is 10.2 Å². The molecule has 1 N–H and O–H groups in total. The molecule has 0 aliphatic carbocycles. The van der Waals surface area contributed by atoms with Crippen LogP contribution in [-0.4, -0.2) is 23.6 Å². The minimum absolute atomic E-state index is 0.148. The van der Waals surface area contributed by atoms with Crippen LogP contribution >= 0.6 is 0 Å². The van der Waals surface area contributed by atoms with Gasteiger partial charge in [0.25, 0.3) is 0 Å². The third-order valence-corrected chi connectivity index (χ3v) is 5.22. The van der Waals surface area contributed by atoms with Gasteiger partial charge in [-0.3, -0.25) is 4.79 Å². The van der Waals surface area contributed by atoms with E-state index in [4.69, 9.17) is 0 Å². The fourth-order valence-electron chi connectivity index (χ4n) is 3.84. The van der Waals surface area contributed by atoms with Crippen LogP contribution in [0.1, 0.15) is 29.7 Å². The minimum Gasteiger partial charge on any atom is -0.354 e. The van der Waals surface area contributed by atoms with Crippen molar-refractivity contribution < 1.29 is 4.79 Å². The van der Waals surface area contributed by atoms with Crippen LogP contribution in [-0.2, 0) is 24.8 Å². The number of para-hydroxylation sites is 1. The zero-order valence-electron chi connectivity index (χ0n) is 13.6. The highest BCUT2D eigenvalue weighted by molar-refractivity contribution is 5.96. The SMILES string of the molecule is Cn1ccc2c1Cc1ccccc1N(C(=O)C1CCNCC1)C2. The number of aryl methyl sites for hydroxylation is 1. The van der Waals surface area contributed by atoms with Crippen molar-refractivity contribution in [3.63, 3.8) is 0 Å². The fraction of sp³-hybridized carbons (Fsp3) is 0.421. The second kappa shape index (κ2) is 5.85. The minimum atomic E-state index is 0.148. The molecule has 0 atom stereocenters. The smallest absolute Gasteiger partial charge is 0.230 e. The van der Waals surface area contributed by atoms with E-state index in [1.165, 1.54) is 16.8 Å². The molecule has 2 aromatic rings. The van der Waals surface area contributed by atoms with Gasteiger partial charge < -0.3 is 14.8 Å².